The molecule has 2 aliphatic carbocycles. The lowest BCUT2D eigenvalue weighted by Gasteiger charge is -2.39. The summed E-state index contributed by atoms with van der Waals surface area (Å²) in [7, 11) is 0. The maximum Gasteiger partial charge on any atom is 0.138 e. The van der Waals surface area contributed by atoms with Crippen molar-refractivity contribution in [2.24, 2.45) is 17.8 Å². The molecule has 2 saturated carbocycles. The first-order valence-electron chi connectivity index (χ1n) is 10.9. The monoisotopic (exact) mass is 343 g/mol. The van der Waals surface area contributed by atoms with E-state index in [0.29, 0.717) is 6.10 Å². The maximum absolute atomic E-state index is 6.60. The van der Waals surface area contributed by atoms with E-state index in [1.165, 1.54) is 77.0 Å². The number of nitrogens with zero attached hydrogens (tertiary/aromatic N) is 1. The third-order valence-corrected chi connectivity index (χ3v) is 6.59. The zero-order valence-electron chi connectivity index (χ0n) is 16.4. The van der Waals surface area contributed by atoms with Gasteiger partial charge >= 0.3 is 0 Å². The van der Waals surface area contributed by atoms with E-state index < -0.39 is 0 Å². The molecule has 1 aromatic heterocycles. The number of aromatic nitrogens is 1. The third kappa shape index (κ3) is 5.46. The molecule has 2 heteroatoms. The first kappa shape index (κ1) is 18.7. The van der Waals surface area contributed by atoms with Crippen LogP contribution >= 0.6 is 0 Å². The summed E-state index contributed by atoms with van der Waals surface area (Å²) < 4.78 is 6.60. The van der Waals surface area contributed by atoms with Gasteiger partial charge in [0, 0.05) is 5.69 Å². The summed E-state index contributed by atoms with van der Waals surface area (Å²) in [4.78, 5) is 4.44. The molecule has 25 heavy (non-hydrogen) atoms. The quantitative estimate of drug-likeness (QED) is 0.548. The summed E-state index contributed by atoms with van der Waals surface area (Å²) in [6.07, 6.45) is 19.0. The van der Waals surface area contributed by atoms with Crippen LogP contribution in [0.1, 0.15) is 89.7 Å². The van der Waals surface area contributed by atoms with Crippen LogP contribution in [0.3, 0.4) is 0 Å². The molecule has 0 saturated heterocycles. The highest BCUT2D eigenvalue weighted by molar-refractivity contribution is 5.19. The minimum Gasteiger partial charge on any atom is -0.488 e. The average Bonchev–Trinajstić information content (AvgIpc) is 2.67. The Kier molecular flexibility index (Phi) is 7.19. The van der Waals surface area contributed by atoms with Gasteiger partial charge in [0.15, 0.2) is 0 Å². The summed E-state index contributed by atoms with van der Waals surface area (Å²) in [6, 6.07) is 4.19. The van der Waals surface area contributed by atoms with Gasteiger partial charge in [0.05, 0.1) is 6.20 Å². The molecule has 2 fully saturated rings. The number of aryl methyl sites for hydroxylation is 1. The maximum atomic E-state index is 6.60. The summed E-state index contributed by atoms with van der Waals surface area (Å²) in [5.74, 6) is 3.47. The summed E-state index contributed by atoms with van der Waals surface area (Å²) in [6.45, 7) is 4.36. The Morgan fingerprint density at radius 3 is 2.36 bits per heavy atom. The highest BCUT2D eigenvalue weighted by Gasteiger charge is 2.34. The topological polar surface area (TPSA) is 22.1 Å². The summed E-state index contributed by atoms with van der Waals surface area (Å²) in [5, 5.41) is 0. The fraction of sp³-hybridized carbons (Fsp3) is 0.783. The van der Waals surface area contributed by atoms with Crippen LogP contribution in [0.15, 0.2) is 18.3 Å². The molecular formula is C23H37NO. The van der Waals surface area contributed by atoms with Gasteiger partial charge in [-0.1, -0.05) is 58.3 Å². The molecule has 0 aliphatic heterocycles. The molecule has 1 atom stereocenters. The summed E-state index contributed by atoms with van der Waals surface area (Å²) >= 11 is 0. The van der Waals surface area contributed by atoms with E-state index in [2.05, 4.69) is 24.0 Å². The lowest BCUT2D eigenvalue weighted by molar-refractivity contribution is 0.0307. The van der Waals surface area contributed by atoms with Crippen molar-refractivity contribution < 1.29 is 4.74 Å². The standard InChI is InChI=1S/C23H37NO/c1-3-4-8-19-12-14-21(15-13-19)23(20-9-6-5-7-10-20)25-22-16-11-18(2)24-17-22/h11,16-17,19-21,23H,3-10,12-15H2,1-2H3. The second-order valence-electron chi connectivity index (χ2n) is 8.54. The number of rotatable bonds is 7. The minimum atomic E-state index is 0.414. The number of hydrogen-bond donors (Lipinski definition) is 0. The van der Waals surface area contributed by atoms with Gasteiger partial charge in [-0.2, -0.15) is 0 Å². The number of pyridine rings is 1. The van der Waals surface area contributed by atoms with Gasteiger partial charge in [-0.3, -0.25) is 4.98 Å². The SMILES string of the molecule is CCCCC1CCC(C(Oc2ccc(C)nc2)C2CCCCC2)CC1. The molecule has 2 nitrogen and oxygen atoms in total. The number of ether oxygens (including phenoxy) is 1. The molecule has 0 amide bonds. The lowest BCUT2D eigenvalue weighted by Crippen LogP contribution is -2.38. The van der Waals surface area contributed by atoms with Crippen molar-refractivity contribution in [2.75, 3.05) is 0 Å². The van der Waals surface area contributed by atoms with Crippen LogP contribution in [0.5, 0.6) is 5.75 Å². The van der Waals surface area contributed by atoms with Crippen molar-refractivity contribution in [3.05, 3.63) is 24.0 Å². The molecule has 3 rings (SSSR count). The predicted molar refractivity (Wildman–Crippen MR) is 105 cm³/mol. The molecular weight excluding hydrogens is 306 g/mol. The fourth-order valence-corrected chi connectivity index (χ4v) is 5.02. The van der Waals surface area contributed by atoms with Gasteiger partial charge in [-0.25, -0.2) is 0 Å². The first-order chi connectivity index (χ1) is 12.3. The first-order valence-corrected chi connectivity index (χ1v) is 10.9. The molecule has 1 unspecified atom stereocenters. The van der Waals surface area contributed by atoms with E-state index in [1.54, 1.807) is 0 Å². The van der Waals surface area contributed by atoms with Crippen molar-refractivity contribution in [1.82, 2.24) is 4.98 Å². The van der Waals surface area contributed by atoms with Crippen LogP contribution in [0.2, 0.25) is 0 Å². The molecule has 0 radical (unpaired) electrons. The molecule has 1 aromatic rings. The van der Waals surface area contributed by atoms with Crippen LogP contribution in [-0.2, 0) is 0 Å². The highest BCUT2D eigenvalue weighted by Crippen LogP contribution is 2.40. The Balaban J connectivity index is 1.63. The van der Waals surface area contributed by atoms with E-state index >= 15 is 0 Å². The predicted octanol–water partition coefficient (Wildman–Crippen LogP) is 6.71. The second-order valence-corrected chi connectivity index (χ2v) is 8.54. The minimum absolute atomic E-state index is 0.414. The number of unbranched alkanes of at least 4 members (excludes halogenated alkanes) is 1. The van der Waals surface area contributed by atoms with Crippen LogP contribution < -0.4 is 4.74 Å². The smallest absolute Gasteiger partial charge is 0.138 e. The van der Waals surface area contributed by atoms with Crippen molar-refractivity contribution in [1.29, 1.82) is 0 Å². The third-order valence-electron chi connectivity index (χ3n) is 6.59. The lowest BCUT2D eigenvalue weighted by atomic mass is 9.72. The van der Waals surface area contributed by atoms with E-state index in [-0.39, 0.29) is 0 Å². The van der Waals surface area contributed by atoms with Gasteiger partial charge in [0.1, 0.15) is 11.9 Å². The Bertz CT molecular complexity index is 483. The van der Waals surface area contributed by atoms with Gasteiger partial charge in [0.2, 0.25) is 0 Å². The van der Waals surface area contributed by atoms with Crippen molar-refractivity contribution in [3.63, 3.8) is 0 Å². The zero-order chi connectivity index (χ0) is 17.5. The summed E-state index contributed by atoms with van der Waals surface area (Å²) in [5.41, 5.74) is 1.07. The van der Waals surface area contributed by atoms with Crippen molar-refractivity contribution in [2.45, 2.75) is 97.0 Å². The van der Waals surface area contributed by atoms with Crippen LogP contribution in [0.4, 0.5) is 0 Å². The highest BCUT2D eigenvalue weighted by atomic mass is 16.5. The van der Waals surface area contributed by atoms with Crippen LogP contribution in [0.25, 0.3) is 0 Å². The fourth-order valence-electron chi connectivity index (χ4n) is 5.02. The van der Waals surface area contributed by atoms with E-state index in [4.69, 9.17) is 4.74 Å². The Morgan fingerprint density at radius 2 is 1.72 bits per heavy atom. The average molecular weight is 344 g/mol. The molecule has 140 valence electrons. The molecule has 1 heterocycles. The number of hydrogen-bond acceptors (Lipinski definition) is 2. The van der Waals surface area contributed by atoms with E-state index in [1.807, 2.05) is 13.1 Å². The van der Waals surface area contributed by atoms with E-state index in [9.17, 15) is 0 Å². The normalized spacial score (nSPS) is 26.3. The molecule has 0 aromatic carbocycles. The van der Waals surface area contributed by atoms with E-state index in [0.717, 1.165) is 29.2 Å². The van der Waals surface area contributed by atoms with Crippen LogP contribution in [-0.4, -0.2) is 11.1 Å². The molecule has 0 spiro atoms. The van der Waals surface area contributed by atoms with Gasteiger partial charge in [0.25, 0.3) is 0 Å². The molecule has 0 bridgehead atoms. The molecule has 0 N–H and O–H groups in total. The van der Waals surface area contributed by atoms with Crippen molar-refractivity contribution >= 4 is 0 Å². The van der Waals surface area contributed by atoms with Gasteiger partial charge in [-0.15, -0.1) is 0 Å². The largest absolute Gasteiger partial charge is 0.488 e. The Hall–Kier alpha value is -1.05. The van der Waals surface area contributed by atoms with Crippen molar-refractivity contribution in [3.8, 4) is 5.75 Å². The zero-order valence-corrected chi connectivity index (χ0v) is 16.4. The van der Waals surface area contributed by atoms with Gasteiger partial charge in [-0.05, 0) is 62.5 Å². The Morgan fingerprint density at radius 1 is 1.00 bits per heavy atom. The van der Waals surface area contributed by atoms with Crippen LogP contribution in [0, 0.1) is 24.7 Å². The van der Waals surface area contributed by atoms with Gasteiger partial charge < -0.3 is 4.74 Å². The molecule has 2 aliphatic rings. The Labute approximate surface area is 154 Å². The second kappa shape index (κ2) is 9.59.